The van der Waals surface area contributed by atoms with Gasteiger partial charge in [-0.3, -0.25) is 10.2 Å². The van der Waals surface area contributed by atoms with E-state index in [-0.39, 0.29) is 23.9 Å². The van der Waals surface area contributed by atoms with Crippen LogP contribution in [0.5, 0.6) is 0 Å². The highest BCUT2D eigenvalue weighted by molar-refractivity contribution is 6.67. The maximum absolute atomic E-state index is 11.5. The number of carbonyl (C=O) groups excluding carboxylic acids is 1. The van der Waals surface area contributed by atoms with E-state index >= 15 is 0 Å². The Morgan fingerprint density at radius 2 is 2.17 bits per heavy atom. The third-order valence-electron chi connectivity index (χ3n) is 4.17. The zero-order valence-electron chi connectivity index (χ0n) is 15.5. The largest absolute Gasteiger partial charge is 0.445 e. The summed E-state index contributed by atoms with van der Waals surface area (Å²) in [6.07, 6.45) is 3.60. The Morgan fingerprint density at radius 1 is 1.34 bits per heavy atom. The molecule has 11 nitrogen and oxygen atoms in total. The summed E-state index contributed by atoms with van der Waals surface area (Å²) < 4.78 is 10.6. The van der Waals surface area contributed by atoms with Crippen LogP contribution in [0.4, 0.5) is 5.69 Å². The fourth-order valence-corrected chi connectivity index (χ4v) is 2.72. The maximum atomic E-state index is 11.5. The summed E-state index contributed by atoms with van der Waals surface area (Å²) in [5.74, 6) is -0.795. The van der Waals surface area contributed by atoms with Gasteiger partial charge in [-0.1, -0.05) is 6.07 Å². The number of benzene rings is 1. The fraction of sp³-hybridized carbons (Fsp3) is 0.278. The molecule has 2 aromatic rings. The lowest BCUT2D eigenvalue weighted by atomic mass is 10.1. The molecular weight excluding hydrogens is 376 g/mol. The molecule has 2 heterocycles. The summed E-state index contributed by atoms with van der Waals surface area (Å²) in [5.41, 5.74) is 17.8. The lowest BCUT2D eigenvalue weighted by Crippen LogP contribution is -2.43. The van der Waals surface area contributed by atoms with Crippen molar-refractivity contribution in [3.05, 3.63) is 36.7 Å². The topological polar surface area (TPSA) is 191 Å². The number of oxazole rings is 1. The summed E-state index contributed by atoms with van der Waals surface area (Å²) in [5, 5.41) is 10.8. The third-order valence-corrected chi connectivity index (χ3v) is 4.17. The molecule has 8 N–H and O–H groups in total. The van der Waals surface area contributed by atoms with Crippen LogP contribution in [-0.4, -0.2) is 53.7 Å². The molecule has 1 aromatic carbocycles. The molecule has 1 aromatic heterocycles. The monoisotopic (exact) mass is 398 g/mol. The van der Waals surface area contributed by atoms with Crippen molar-refractivity contribution in [2.75, 3.05) is 18.5 Å². The molecule has 1 aliphatic rings. The number of hydrogen-bond donors (Lipinski definition) is 5. The number of aliphatic imine (C=N–C) groups is 2. The standard InChI is InChI=1S/C18H22N8O3/c19-12-9-28-6-4-13(12)25-18(22)26-16(14(20)15(21)27)24-11-3-1-2-10(8-11)17-23-5-7-29-17/h1-3,5,7-8,12-13,20H,4,6,9,19H2,(H2,21,27)(H3,22,24,25,26)/t12-,13+/m0/s1. The molecule has 0 spiro atoms. The van der Waals surface area contributed by atoms with Gasteiger partial charge in [0.05, 0.1) is 24.9 Å². The average Bonchev–Trinajstić information content (AvgIpc) is 3.24. The van der Waals surface area contributed by atoms with Gasteiger partial charge in [0.25, 0.3) is 5.91 Å². The van der Waals surface area contributed by atoms with Crippen LogP contribution in [0, 0.1) is 5.41 Å². The Balaban J connectivity index is 1.86. The SMILES string of the molecule is N=C(C(N)=O)/C(=N\C(N)=N[C@@H]1CCOC[C@@H]1N)Nc1cccc(-c2ncco2)c1. The van der Waals surface area contributed by atoms with Crippen molar-refractivity contribution in [2.24, 2.45) is 27.2 Å². The number of rotatable bonds is 5. The van der Waals surface area contributed by atoms with Crippen LogP contribution in [0.15, 0.2) is 51.1 Å². The van der Waals surface area contributed by atoms with E-state index in [4.69, 9.17) is 31.8 Å². The number of nitrogens with zero attached hydrogens (tertiary/aromatic N) is 3. The summed E-state index contributed by atoms with van der Waals surface area (Å²) in [6, 6.07) is 6.43. The van der Waals surface area contributed by atoms with Gasteiger partial charge in [0.15, 0.2) is 11.5 Å². The van der Waals surface area contributed by atoms with E-state index in [1.807, 2.05) is 0 Å². The van der Waals surface area contributed by atoms with Gasteiger partial charge in [0, 0.05) is 17.9 Å². The minimum absolute atomic E-state index is 0.121. The summed E-state index contributed by atoms with van der Waals surface area (Å²) in [4.78, 5) is 24.0. The first-order valence-corrected chi connectivity index (χ1v) is 8.85. The number of guanidine groups is 1. The number of carbonyl (C=O) groups is 1. The lowest BCUT2D eigenvalue weighted by molar-refractivity contribution is -0.111. The van der Waals surface area contributed by atoms with E-state index in [9.17, 15) is 4.79 Å². The van der Waals surface area contributed by atoms with E-state index < -0.39 is 11.6 Å². The van der Waals surface area contributed by atoms with Crippen molar-refractivity contribution >= 4 is 29.1 Å². The summed E-state index contributed by atoms with van der Waals surface area (Å²) in [7, 11) is 0. The van der Waals surface area contributed by atoms with Crippen LogP contribution in [0.3, 0.4) is 0 Å². The quantitative estimate of drug-likeness (QED) is 0.348. The Hall–Kier alpha value is -3.57. The second-order valence-electron chi connectivity index (χ2n) is 6.32. The molecule has 1 amide bonds. The number of nitrogens with two attached hydrogens (primary N) is 3. The molecule has 152 valence electrons. The van der Waals surface area contributed by atoms with E-state index in [1.165, 1.54) is 12.5 Å². The van der Waals surface area contributed by atoms with E-state index in [2.05, 4.69) is 20.3 Å². The first kappa shape index (κ1) is 20.2. The summed E-state index contributed by atoms with van der Waals surface area (Å²) >= 11 is 0. The van der Waals surface area contributed by atoms with Crippen molar-refractivity contribution < 1.29 is 13.9 Å². The predicted octanol–water partition coefficient (Wildman–Crippen LogP) is 0.0880. The maximum Gasteiger partial charge on any atom is 0.270 e. The van der Waals surface area contributed by atoms with Crippen molar-refractivity contribution in [1.29, 1.82) is 5.41 Å². The number of amides is 1. The highest BCUT2D eigenvalue weighted by Crippen LogP contribution is 2.21. The number of primary amides is 1. The van der Waals surface area contributed by atoms with Gasteiger partial charge >= 0.3 is 0 Å². The highest BCUT2D eigenvalue weighted by Gasteiger charge is 2.22. The molecule has 11 heteroatoms. The van der Waals surface area contributed by atoms with Crippen molar-refractivity contribution in [1.82, 2.24) is 4.98 Å². The van der Waals surface area contributed by atoms with E-state index in [0.29, 0.717) is 36.8 Å². The zero-order valence-corrected chi connectivity index (χ0v) is 15.5. The number of aromatic nitrogens is 1. The van der Waals surface area contributed by atoms with Crippen LogP contribution in [0.2, 0.25) is 0 Å². The molecule has 0 saturated carbocycles. The molecule has 2 atom stereocenters. The van der Waals surface area contributed by atoms with Gasteiger partial charge in [-0.2, -0.15) is 4.99 Å². The van der Waals surface area contributed by atoms with Crippen molar-refractivity contribution in [3.8, 4) is 11.5 Å². The minimum atomic E-state index is -0.962. The van der Waals surface area contributed by atoms with Crippen LogP contribution >= 0.6 is 0 Å². The van der Waals surface area contributed by atoms with Gasteiger partial charge in [0.1, 0.15) is 6.26 Å². The van der Waals surface area contributed by atoms with Crippen LogP contribution in [0.1, 0.15) is 6.42 Å². The Bertz CT molecular complexity index is 938. The first-order valence-electron chi connectivity index (χ1n) is 8.85. The first-order chi connectivity index (χ1) is 13.9. The number of ether oxygens (including phenoxy) is 1. The van der Waals surface area contributed by atoms with E-state index in [1.54, 1.807) is 24.3 Å². The molecule has 3 rings (SSSR count). The van der Waals surface area contributed by atoms with Gasteiger partial charge in [-0.05, 0) is 24.6 Å². The van der Waals surface area contributed by atoms with E-state index in [0.717, 1.165) is 0 Å². The smallest absolute Gasteiger partial charge is 0.270 e. The second kappa shape index (κ2) is 9.08. The zero-order chi connectivity index (χ0) is 20.8. The third kappa shape index (κ3) is 5.24. The van der Waals surface area contributed by atoms with Gasteiger partial charge in [-0.25, -0.2) is 9.98 Å². The van der Waals surface area contributed by atoms with Crippen LogP contribution < -0.4 is 22.5 Å². The molecule has 29 heavy (non-hydrogen) atoms. The van der Waals surface area contributed by atoms with Crippen LogP contribution in [-0.2, 0) is 9.53 Å². The molecular formula is C18H22N8O3. The molecule has 1 saturated heterocycles. The van der Waals surface area contributed by atoms with Gasteiger partial charge in [0.2, 0.25) is 11.9 Å². The highest BCUT2D eigenvalue weighted by atomic mass is 16.5. The predicted molar refractivity (Wildman–Crippen MR) is 109 cm³/mol. The molecule has 1 aliphatic heterocycles. The number of nitrogens with one attached hydrogen (secondary N) is 2. The Morgan fingerprint density at radius 3 is 2.86 bits per heavy atom. The number of hydrogen-bond acceptors (Lipinski definition) is 7. The van der Waals surface area contributed by atoms with Crippen LogP contribution in [0.25, 0.3) is 11.5 Å². The normalized spacial score (nSPS) is 20.3. The molecule has 0 aliphatic carbocycles. The lowest BCUT2D eigenvalue weighted by Gasteiger charge is -2.25. The average molecular weight is 398 g/mol. The fourth-order valence-electron chi connectivity index (χ4n) is 2.72. The molecule has 1 fully saturated rings. The molecule has 0 radical (unpaired) electrons. The Kier molecular flexibility index (Phi) is 6.32. The second-order valence-corrected chi connectivity index (χ2v) is 6.32. The number of amidine groups is 1. The number of anilines is 1. The molecule has 0 unspecified atom stereocenters. The van der Waals surface area contributed by atoms with Gasteiger partial charge in [-0.15, -0.1) is 0 Å². The van der Waals surface area contributed by atoms with Gasteiger partial charge < -0.3 is 31.7 Å². The summed E-state index contributed by atoms with van der Waals surface area (Å²) in [6.45, 7) is 0.898. The minimum Gasteiger partial charge on any atom is -0.445 e. The molecule has 0 bridgehead atoms. The van der Waals surface area contributed by atoms with Crippen molar-refractivity contribution in [2.45, 2.75) is 18.5 Å². The van der Waals surface area contributed by atoms with Crippen molar-refractivity contribution in [3.63, 3.8) is 0 Å². The Labute approximate surface area is 166 Å².